The number of fused-ring (bicyclic) bond motifs is 1. The lowest BCUT2D eigenvalue weighted by Crippen LogP contribution is -2.37. The van der Waals surface area contributed by atoms with Crippen LogP contribution in [0.5, 0.6) is 0 Å². The summed E-state index contributed by atoms with van der Waals surface area (Å²) in [6, 6.07) is 0. The van der Waals surface area contributed by atoms with Crippen LogP contribution in [0.1, 0.15) is 19.8 Å². The molecular formula is C14H22N6. The van der Waals surface area contributed by atoms with Gasteiger partial charge in [0, 0.05) is 26.7 Å². The summed E-state index contributed by atoms with van der Waals surface area (Å²) in [5.74, 6) is 1.71. The van der Waals surface area contributed by atoms with Crippen LogP contribution in [-0.2, 0) is 7.05 Å². The second-order valence-electron chi connectivity index (χ2n) is 5.70. The third kappa shape index (κ3) is 2.75. The quantitative estimate of drug-likeness (QED) is 0.915. The highest BCUT2D eigenvalue weighted by molar-refractivity contribution is 5.85. The van der Waals surface area contributed by atoms with Gasteiger partial charge in [-0.1, -0.05) is 6.92 Å². The van der Waals surface area contributed by atoms with Gasteiger partial charge in [-0.3, -0.25) is 4.68 Å². The summed E-state index contributed by atoms with van der Waals surface area (Å²) in [5.41, 5.74) is 0.870. The fourth-order valence-corrected chi connectivity index (χ4v) is 2.93. The highest BCUT2D eigenvalue weighted by Crippen LogP contribution is 2.18. The van der Waals surface area contributed by atoms with Crippen LogP contribution < -0.4 is 5.32 Å². The van der Waals surface area contributed by atoms with Gasteiger partial charge in [-0.15, -0.1) is 0 Å². The van der Waals surface area contributed by atoms with E-state index in [1.165, 1.54) is 25.9 Å². The molecule has 0 bridgehead atoms. The molecule has 1 aliphatic rings. The third-order valence-corrected chi connectivity index (χ3v) is 3.99. The van der Waals surface area contributed by atoms with Gasteiger partial charge in [0.05, 0.1) is 11.6 Å². The molecule has 0 radical (unpaired) electrons. The molecule has 0 aliphatic carbocycles. The van der Waals surface area contributed by atoms with E-state index >= 15 is 0 Å². The number of nitrogens with zero attached hydrogens (tertiary/aromatic N) is 5. The molecule has 0 spiro atoms. The normalized spacial score (nSPS) is 20.4. The maximum atomic E-state index is 4.32. The lowest BCUT2D eigenvalue weighted by atomic mass is 10.0. The first-order chi connectivity index (χ1) is 9.74. The molecule has 0 amide bonds. The lowest BCUT2D eigenvalue weighted by molar-refractivity contribution is 0.190. The van der Waals surface area contributed by atoms with Crippen LogP contribution >= 0.6 is 0 Å². The van der Waals surface area contributed by atoms with E-state index in [-0.39, 0.29) is 0 Å². The number of aromatic nitrogens is 4. The van der Waals surface area contributed by atoms with Crippen LogP contribution in [0.2, 0.25) is 0 Å². The van der Waals surface area contributed by atoms with E-state index in [0.717, 1.165) is 35.9 Å². The summed E-state index contributed by atoms with van der Waals surface area (Å²) in [4.78, 5) is 11.1. The Morgan fingerprint density at radius 1 is 1.40 bits per heavy atom. The Kier molecular flexibility index (Phi) is 3.82. The predicted molar refractivity (Wildman–Crippen MR) is 79.6 cm³/mol. The Labute approximate surface area is 119 Å². The summed E-state index contributed by atoms with van der Waals surface area (Å²) in [6.45, 7) is 6.75. The van der Waals surface area contributed by atoms with Crippen molar-refractivity contribution in [1.29, 1.82) is 0 Å². The summed E-state index contributed by atoms with van der Waals surface area (Å²) in [5, 5.41) is 8.63. The van der Waals surface area contributed by atoms with E-state index in [2.05, 4.69) is 32.2 Å². The molecular weight excluding hydrogens is 252 g/mol. The number of nitrogens with one attached hydrogen (secondary N) is 1. The zero-order chi connectivity index (χ0) is 13.9. The summed E-state index contributed by atoms with van der Waals surface area (Å²) in [6.07, 6.45) is 6.10. The standard InChI is InChI=1S/C14H22N6/c1-11-4-3-6-20(9-11)7-5-15-13-12-8-18-19(2)14(12)17-10-16-13/h8,10-11H,3-7,9H2,1-2H3,(H,15,16,17)/t11-/m1/s1. The van der Waals surface area contributed by atoms with Gasteiger partial charge in [-0.05, 0) is 25.3 Å². The molecule has 2 aromatic heterocycles. The van der Waals surface area contributed by atoms with Crippen LogP contribution in [0.3, 0.4) is 0 Å². The van der Waals surface area contributed by atoms with Gasteiger partial charge in [0.2, 0.25) is 0 Å². The van der Waals surface area contributed by atoms with E-state index in [4.69, 9.17) is 0 Å². The minimum atomic E-state index is 0.827. The van der Waals surface area contributed by atoms with E-state index in [1.54, 1.807) is 11.0 Å². The average Bonchev–Trinajstić information content (AvgIpc) is 2.82. The number of aryl methyl sites for hydroxylation is 1. The number of hydrogen-bond acceptors (Lipinski definition) is 5. The van der Waals surface area contributed by atoms with Crippen molar-refractivity contribution in [2.75, 3.05) is 31.5 Å². The SMILES string of the molecule is C[C@@H]1CCCN(CCNc2ncnc3c2cnn3C)C1. The summed E-state index contributed by atoms with van der Waals surface area (Å²) < 4.78 is 1.77. The Balaban J connectivity index is 1.60. The largest absolute Gasteiger partial charge is 0.368 e. The van der Waals surface area contributed by atoms with E-state index in [1.807, 2.05) is 13.2 Å². The molecule has 1 atom stereocenters. The van der Waals surface area contributed by atoms with E-state index in [0.29, 0.717) is 0 Å². The summed E-state index contributed by atoms with van der Waals surface area (Å²) >= 11 is 0. The Bertz CT molecular complexity index is 578. The monoisotopic (exact) mass is 274 g/mol. The first kappa shape index (κ1) is 13.3. The van der Waals surface area contributed by atoms with Gasteiger partial charge in [0.1, 0.15) is 12.1 Å². The van der Waals surface area contributed by atoms with Crippen LogP contribution in [0, 0.1) is 5.92 Å². The Morgan fingerprint density at radius 2 is 2.30 bits per heavy atom. The third-order valence-electron chi connectivity index (χ3n) is 3.99. The van der Waals surface area contributed by atoms with E-state index < -0.39 is 0 Å². The molecule has 1 saturated heterocycles. The molecule has 6 nitrogen and oxygen atoms in total. The van der Waals surface area contributed by atoms with Crippen molar-refractivity contribution >= 4 is 16.9 Å². The second-order valence-corrected chi connectivity index (χ2v) is 5.70. The molecule has 3 heterocycles. The van der Waals surface area contributed by atoms with Gasteiger partial charge >= 0.3 is 0 Å². The molecule has 108 valence electrons. The first-order valence-electron chi connectivity index (χ1n) is 7.33. The van der Waals surface area contributed by atoms with Crippen molar-refractivity contribution in [3.8, 4) is 0 Å². The molecule has 1 N–H and O–H groups in total. The highest BCUT2D eigenvalue weighted by atomic mass is 15.3. The van der Waals surface area contributed by atoms with Gasteiger partial charge in [-0.2, -0.15) is 5.10 Å². The maximum absolute atomic E-state index is 4.32. The van der Waals surface area contributed by atoms with Crippen molar-refractivity contribution in [3.63, 3.8) is 0 Å². The number of likely N-dealkylation sites (tertiary alicyclic amines) is 1. The molecule has 6 heteroatoms. The average molecular weight is 274 g/mol. The Morgan fingerprint density at radius 3 is 3.15 bits per heavy atom. The highest BCUT2D eigenvalue weighted by Gasteiger charge is 2.15. The number of hydrogen-bond donors (Lipinski definition) is 1. The zero-order valence-corrected chi connectivity index (χ0v) is 12.2. The minimum Gasteiger partial charge on any atom is -0.368 e. The molecule has 20 heavy (non-hydrogen) atoms. The van der Waals surface area contributed by atoms with Crippen molar-refractivity contribution in [2.24, 2.45) is 13.0 Å². The second kappa shape index (κ2) is 5.75. The van der Waals surface area contributed by atoms with E-state index in [9.17, 15) is 0 Å². The minimum absolute atomic E-state index is 0.827. The van der Waals surface area contributed by atoms with Crippen LogP contribution in [0.4, 0.5) is 5.82 Å². The van der Waals surface area contributed by atoms with Crippen molar-refractivity contribution < 1.29 is 0 Å². The van der Waals surface area contributed by atoms with Crippen molar-refractivity contribution in [3.05, 3.63) is 12.5 Å². The lowest BCUT2D eigenvalue weighted by Gasteiger charge is -2.30. The number of rotatable bonds is 4. The molecule has 0 unspecified atom stereocenters. The van der Waals surface area contributed by atoms with Gasteiger partial charge in [0.25, 0.3) is 0 Å². The fourth-order valence-electron chi connectivity index (χ4n) is 2.93. The van der Waals surface area contributed by atoms with Crippen molar-refractivity contribution in [2.45, 2.75) is 19.8 Å². The number of anilines is 1. The smallest absolute Gasteiger partial charge is 0.163 e. The fraction of sp³-hybridized carbons (Fsp3) is 0.643. The molecule has 1 aliphatic heterocycles. The molecule has 0 saturated carbocycles. The predicted octanol–water partition coefficient (Wildman–Crippen LogP) is 1.51. The number of piperidine rings is 1. The van der Waals surface area contributed by atoms with Gasteiger partial charge in [0.15, 0.2) is 5.65 Å². The molecule has 2 aromatic rings. The topological polar surface area (TPSA) is 58.9 Å². The molecule has 1 fully saturated rings. The summed E-state index contributed by atoms with van der Waals surface area (Å²) in [7, 11) is 1.90. The Hall–Kier alpha value is -1.69. The van der Waals surface area contributed by atoms with Gasteiger partial charge < -0.3 is 10.2 Å². The molecule has 3 rings (SSSR count). The van der Waals surface area contributed by atoms with Crippen molar-refractivity contribution in [1.82, 2.24) is 24.6 Å². The molecule has 0 aromatic carbocycles. The van der Waals surface area contributed by atoms with Gasteiger partial charge in [-0.25, -0.2) is 9.97 Å². The van der Waals surface area contributed by atoms with Crippen LogP contribution in [-0.4, -0.2) is 50.8 Å². The zero-order valence-electron chi connectivity index (χ0n) is 12.2. The van der Waals surface area contributed by atoms with Crippen LogP contribution in [0.25, 0.3) is 11.0 Å². The maximum Gasteiger partial charge on any atom is 0.163 e. The van der Waals surface area contributed by atoms with Crippen LogP contribution in [0.15, 0.2) is 12.5 Å². The first-order valence-corrected chi connectivity index (χ1v) is 7.33.